The maximum absolute atomic E-state index is 10.5. The Morgan fingerprint density at radius 1 is 1.00 bits per heavy atom. The monoisotopic (exact) mass is 240 g/mol. The van der Waals surface area contributed by atoms with Gasteiger partial charge in [0.25, 0.3) is 0 Å². The molecule has 0 spiro atoms. The number of carbonyl (C=O) groups is 1. The third kappa shape index (κ3) is 11.5. The number of carboxylic acids is 1. The van der Waals surface area contributed by atoms with Crippen LogP contribution in [0.2, 0.25) is 0 Å². The molecule has 0 aliphatic rings. The van der Waals surface area contributed by atoms with E-state index in [0.29, 0.717) is 12.0 Å². The molecule has 0 radical (unpaired) electrons. The smallest absolute Gasteiger partial charge is 0.330 e. The quantitative estimate of drug-likeness (QED) is 0.416. The minimum absolute atomic E-state index is 0.349. The zero-order chi connectivity index (χ0) is 13.1. The summed E-state index contributed by atoms with van der Waals surface area (Å²) in [7, 11) is 0. The lowest BCUT2D eigenvalue weighted by atomic mass is 10.0. The van der Waals surface area contributed by atoms with Crippen molar-refractivity contribution in [2.45, 2.75) is 71.6 Å². The summed E-state index contributed by atoms with van der Waals surface area (Å²) in [6.07, 6.45) is 10.6. The average Bonchev–Trinajstić information content (AvgIpc) is 2.25. The summed E-state index contributed by atoms with van der Waals surface area (Å²) in [4.78, 5) is 10.5. The Kier molecular flexibility index (Phi) is 9.89. The van der Waals surface area contributed by atoms with Crippen molar-refractivity contribution in [2.75, 3.05) is 0 Å². The van der Waals surface area contributed by atoms with Gasteiger partial charge in [-0.15, -0.1) is 0 Å². The first kappa shape index (κ1) is 16.2. The van der Waals surface area contributed by atoms with Gasteiger partial charge in [-0.25, -0.2) is 4.79 Å². The highest BCUT2D eigenvalue weighted by Gasteiger charge is 2.02. The average molecular weight is 240 g/mol. The van der Waals surface area contributed by atoms with Crippen LogP contribution >= 0.6 is 0 Å². The fourth-order valence-corrected chi connectivity index (χ4v) is 1.88. The van der Waals surface area contributed by atoms with Gasteiger partial charge >= 0.3 is 5.97 Å². The summed E-state index contributed by atoms with van der Waals surface area (Å²) in [6, 6.07) is 0. The fraction of sp³-hybridized carbons (Fsp3) is 0.800. The van der Waals surface area contributed by atoms with Crippen molar-refractivity contribution in [2.24, 2.45) is 5.92 Å². The molecule has 17 heavy (non-hydrogen) atoms. The molecule has 0 unspecified atom stereocenters. The molecule has 0 aromatic carbocycles. The van der Waals surface area contributed by atoms with Crippen LogP contribution in [-0.4, -0.2) is 11.1 Å². The highest BCUT2D eigenvalue weighted by molar-refractivity contribution is 5.85. The van der Waals surface area contributed by atoms with Crippen LogP contribution in [-0.2, 0) is 4.79 Å². The van der Waals surface area contributed by atoms with E-state index < -0.39 is 5.97 Å². The van der Waals surface area contributed by atoms with Crippen LogP contribution in [0.25, 0.3) is 0 Å². The van der Waals surface area contributed by atoms with Crippen molar-refractivity contribution in [1.82, 2.24) is 0 Å². The zero-order valence-electron chi connectivity index (χ0n) is 11.5. The summed E-state index contributed by atoms with van der Waals surface area (Å²) in [5.74, 6) is -0.0179. The van der Waals surface area contributed by atoms with Gasteiger partial charge in [-0.2, -0.15) is 0 Å². The van der Waals surface area contributed by atoms with E-state index in [1.165, 1.54) is 38.5 Å². The van der Waals surface area contributed by atoms with Crippen LogP contribution < -0.4 is 0 Å². The maximum atomic E-state index is 10.5. The standard InChI is InChI=1S/C15H28O2/c1-13(2)11-9-7-5-4-6-8-10-12-14(3)15(16)17/h13H,3-12H2,1-2H3,(H,16,17). The second-order valence-corrected chi connectivity index (χ2v) is 5.32. The van der Waals surface area contributed by atoms with Crippen LogP contribution in [0.15, 0.2) is 12.2 Å². The molecule has 0 aliphatic carbocycles. The van der Waals surface area contributed by atoms with Crippen LogP contribution in [0, 0.1) is 5.92 Å². The lowest BCUT2D eigenvalue weighted by Gasteiger charge is -2.04. The molecule has 0 saturated heterocycles. The zero-order valence-corrected chi connectivity index (χ0v) is 11.5. The third-order valence-corrected chi connectivity index (χ3v) is 3.06. The normalized spacial score (nSPS) is 10.8. The number of hydrogen-bond donors (Lipinski definition) is 1. The van der Waals surface area contributed by atoms with Gasteiger partial charge in [0.05, 0.1) is 0 Å². The molecule has 0 fully saturated rings. The Balaban J connectivity index is 3.14. The maximum Gasteiger partial charge on any atom is 0.330 e. The Labute approximate surface area is 106 Å². The van der Waals surface area contributed by atoms with Gasteiger partial charge < -0.3 is 5.11 Å². The van der Waals surface area contributed by atoms with E-state index in [-0.39, 0.29) is 0 Å². The number of carboxylic acid groups (broad SMARTS) is 1. The first-order valence-corrected chi connectivity index (χ1v) is 6.95. The van der Waals surface area contributed by atoms with E-state index in [1.54, 1.807) is 0 Å². The molecule has 1 N–H and O–H groups in total. The highest BCUT2D eigenvalue weighted by Crippen LogP contribution is 2.13. The highest BCUT2D eigenvalue weighted by atomic mass is 16.4. The van der Waals surface area contributed by atoms with Crippen molar-refractivity contribution >= 4 is 5.97 Å². The molecule has 0 aliphatic heterocycles. The van der Waals surface area contributed by atoms with Gasteiger partial charge in [0.15, 0.2) is 0 Å². The fourth-order valence-electron chi connectivity index (χ4n) is 1.88. The Hall–Kier alpha value is -0.790. The summed E-state index contributed by atoms with van der Waals surface area (Å²) < 4.78 is 0. The Morgan fingerprint density at radius 3 is 1.94 bits per heavy atom. The molecule has 0 atom stereocenters. The van der Waals surface area contributed by atoms with Gasteiger partial charge in [0.1, 0.15) is 0 Å². The molecular weight excluding hydrogens is 212 g/mol. The molecule has 0 rings (SSSR count). The van der Waals surface area contributed by atoms with E-state index >= 15 is 0 Å². The number of hydrogen-bond acceptors (Lipinski definition) is 1. The van der Waals surface area contributed by atoms with Crippen LogP contribution in [0.4, 0.5) is 0 Å². The molecule has 0 aromatic heterocycles. The predicted octanol–water partition coefficient (Wildman–Crippen LogP) is 4.79. The molecule has 2 heteroatoms. The molecule has 0 heterocycles. The minimum Gasteiger partial charge on any atom is -0.478 e. The lowest BCUT2D eigenvalue weighted by Crippen LogP contribution is -1.98. The summed E-state index contributed by atoms with van der Waals surface area (Å²) >= 11 is 0. The van der Waals surface area contributed by atoms with Gasteiger partial charge in [0.2, 0.25) is 0 Å². The van der Waals surface area contributed by atoms with Crippen LogP contribution in [0.1, 0.15) is 71.6 Å². The van der Waals surface area contributed by atoms with E-state index in [2.05, 4.69) is 20.4 Å². The minimum atomic E-state index is -0.848. The molecule has 0 aromatic rings. The molecule has 0 saturated carbocycles. The molecular formula is C15H28O2. The number of rotatable bonds is 11. The van der Waals surface area contributed by atoms with Crippen molar-refractivity contribution in [3.05, 3.63) is 12.2 Å². The first-order chi connectivity index (χ1) is 8.04. The van der Waals surface area contributed by atoms with Crippen LogP contribution in [0.5, 0.6) is 0 Å². The van der Waals surface area contributed by atoms with E-state index in [0.717, 1.165) is 18.8 Å². The Morgan fingerprint density at radius 2 is 1.47 bits per heavy atom. The van der Waals surface area contributed by atoms with E-state index in [9.17, 15) is 4.79 Å². The summed E-state index contributed by atoms with van der Waals surface area (Å²) in [5.41, 5.74) is 0.349. The lowest BCUT2D eigenvalue weighted by molar-refractivity contribution is -0.132. The van der Waals surface area contributed by atoms with E-state index in [1.807, 2.05) is 0 Å². The number of unbranched alkanes of at least 4 members (excludes halogenated alkanes) is 6. The van der Waals surface area contributed by atoms with Crippen LogP contribution in [0.3, 0.4) is 0 Å². The summed E-state index contributed by atoms with van der Waals surface area (Å²) in [5, 5.41) is 8.63. The summed E-state index contributed by atoms with van der Waals surface area (Å²) in [6.45, 7) is 8.08. The van der Waals surface area contributed by atoms with Gasteiger partial charge in [0, 0.05) is 5.57 Å². The molecule has 100 valence electrons. The largest absolute Gasteiger partial charge is 0.478 e. The second kappa shape index (κ2) is 10.4. The first-order valence-electron chi connectivity index (χ1n) is 6.95. The van der Waals surface area contributed by atoms with Gasteiger partial charge in [-0.3, -0.25) is 0 Å². The van der Waals surface area contributed by atoms with Crippen molar-refractivity contribution in [3.63, 3.8) is 0 Å². The topological polar surface area (TPSA) is 37.3 Å². The predicted molar refractivity (Wildman–Crippen MR) is 73.2 cm³/mol. The second-order valence-electron chi connectivity index (χ2n) is 5.32. The van der Waals surface area contributed by atoms with Gasteiger partial charge in [-0.1, -0.05) is 65.4 Å². The van der Waals surface area contributed by atoms with Crippen molar-refractivity contribution in [3.8, 4) is 0 Å². The third-order valence-electron chi connectivity index (χ3n) is 3.06. The Bertz CT molecular complexity index is 219. The number of aliphatic carboxylic acids is 1. The van der Waals surface area contributed by atoms with Crippen molar-refractivity contribution < 1.29 is 9.90 Å². The van der Waals surface area contributed by atoms with Crippen molar-refractivity contribution in [1.29, 1.82) is 0 Å². The molecule has 0 amide bonds. The van der Waals surface area contributed by atoms with Gasteiger partial charge in [-0.05, 0) is 18.8 Å². The molecule has 2 nitrogen and oxygen atoms in total. The van der Waals surface area contributed by atoms with E-state index in [4.69, 9.17) is 5.11 Å². The SMILES string of the molecule is C=C(CCCCCCCCCC(C)C)C(=O)O. The molecule has 0 bridgehead atoms.